The van der Waals surface area contributed by atoms with E-state index in [0.29, 0.717) is 17.8 Å². The van der Waals surface area contributed by atoms with Crippen molar-refractivity contribution in [2.45, 2.75) is 32.6 Å². The summed E-state index contributed by atoms with van der Waals surface area (Å²) in [6.07, 6.45) is 2.42. The molecular weight excluding hydrogens is 304 g/mol. The van der Waals surface area contributed by atoms with E-state index in [2.05, 4.69) is 5.32 Å². The van der Waals surface area contributed by atoms with Gasteiger partial charge in [-0.2, -0.15) is 0 Å². The van der Waals surface area contributed by atoms with Crippen LogP contribution in [0.3, 0.4) is 0 Å². The molecule has 0 aliphatic carbocycles. The summed E-state index contributed by atoms with van der Waals surface area (Å²) in [5.41, 5.74) is 1.31. The van der Waals surface area contributed by atoms with Crippen molar-refractivity contribution < 1.29 is 14.4 Å². The Morgan fingerprint density at radius 1 is 1.41 bits per heavy atom. The third kappa shape index (κ3) is 4.07. The molecular formula is C16H19ClN2O3. The van der Waals surface area contributed by atoms with Crippen LogP contribution in [-0.2, 0) is 14.4 Å². The minimum atomic E-state index is -0.486. The van der Waals surface area contributed by atoms with Crippen LogP contribution in [0.1, 0.15) is 32.6 Å². The number of anilines is 2. The van der Waals surface area contributed by atoms with Crippen molar-refractivity contribution in [2.75, 3.05) is 16.8 Å². The Morgan fingerprint density at radius 3 is 2.82 bits per heavy atom. The molecule has 1 aromatic carbocycles. The third-order valence-electron chi connectivity index (χ3n) is 3.64. The van der Waals surface area contributed by atoms with Crippen LogP contribution in [0.15, 0.2) is 24.3 Å². The van der Waals surface area contributed by atoms with E-state index in [1.807, 2.05) is 6.92 Å². The van der Waals surface area contributed by atoms with Gasteiger partial charge in [-0.05, 0) is 36.2 Å². The van der Waals surface area contributed by atoms with Crippen molar-refractivity contribution in [1.29, 1.82) is 0 Å². The first kappa shape index (κ1) is 16.5. The van der Waals surface area contributed by atoms with Crippen molar-refractivity contribution in [2.24, 2.45) is 5.92 Å². The molecule has 118 valence electrons. The number of rotatable bonds is 6. The quantitative estimate of drug-likeness (QED) is 0.819. The van der Waals surface area contributed by atoms with Gasteiger partial charge in [0.25, 0.3) is 0 Å². The highest BCUT2D eigenvalue weighted by atomic mass is 35.5. The molecule has 22 heavy (non-hydrogen) atoms. The van der Waals surface area contributed by atoms with E-state index in [-0.39, 0.29) is 24.8 Å². The van der Waals surface area contributed by atoms with Gasteiger partial charge in [0.15, 0.2) is 0 Å². The lowest BCUT2D eigenvalue weighted by Gasteiger charge is -2.17. The third-order valence-corrected chi connectivity index (χ3v) is 3.95. The van der Waals surface area contributed by atoms with Crippen LogP contribution in [0.5, 0.6) is 0 Å². The van der Waals surface area contributed by atoms with Crippen LogP contribution in [-0.4, -0.2) is 23.6 Å². The number of carbonyl (C=O) groups is 3. The Morgan fingerprint density at radius 2 is 2.18 bits per heavy atom. The maximum absolute atomic E-state index is 12.0. The Labute approximate surface area is 134 Å². The molecule has 2 rings (SSSR count). The summed E-state index contributed by atoms with van der Waals surface area (Å²) in [4.78, 5) is 36.5. The average molecular weight is 323 g/mol. The largest absolute Gasteiger partial charge is 0.326 e. The number of hydrogen-bond acceptors (Lipinski definition) is 3. The summed E-state index contributed by atoms with van der Waals surface area (Å²) < 4.78 is 0. The lowest BCUT2D eigenvalue weighted by atomic mass is 10.1. The van der Waals surface area contributed by atoms with Gasteiger partial charge in [-0.25, -0.2) is 0 Å². The van der Waals surface area contributed by atoms with Crippen LogP contribution in [0.25, 0.3) is 0 Å². The Kier molecular flexibility index (Phi) is 5.55. The van der Waals surface area contributed by atoms with Crippen LogP contribution in [0.2, 0.25) is 0 Å². The standard InChI is InChI=1S/C16H19ClN2O3/c1-2-3-7-14(20)18-12-5-4-6-13(9-12)19-10-11(16(17)22)8-15(19)21/h4-6,9,11H,2-3,7-8,10H2,1H3,(H,18,20)/t11-/m0/s1. The molecule has 1 aliphatic rings. The van der Waals surface area contributed by atoms with Crippen molar-refractivity contribution in [3.8, 4) is 0 Å². The van der Waals surface area contributed by atoms with Crippen LogP contribution in [0.4, 0.5) is 11.4 Å². The highest BCUT2D eigenvalue weighted by Gasteiger charge is 2.34. The molecule has 1 aliphatic heterocycles. The zero-order chi connectivity index (χ0) is 16.1. The normalized spacial score (nSPS) is 17.6. The molecule has 1 N–H and O–H groups in total. The van der Waals surface area contributed by atoms with E-state index in [9.17, 15) is 14.4 Å². The van der Waals surface area contributed by atoms with Gasteiger partial charge in [0.05, 0.1) is 5.92 Å². The van der Waals surface area contributed by atoms with Gasteiger partial charge in [-0.1, -0.05) is 19.4 Å². The maximum atomic E-state index is 12.0. The molecule has 1 atom stereocenters. The molecule has 0 aromatic heterocycles. The fourth-order valence-corrected chi connectivity index (χ4v) is 2.57. The molecule has 0 unspecified atom stereocenters. The summed E-state index contributed by atoms with van der Waals surface area (Å²) >= 11 is 5.48. The Bertz CT molecular complexity index is 589. The van der Waals surface area contributed by atoms with Gasteiger partial charge < -0.3 is 10.2 Å². The highest BCUT2D eigenvalue weighted by Crippen LogP contribution is 2.28. The molecule has 1 heterocycles. The summed E-state index contributed by atoms with van der Waals surface area (Å²) in [7, 11) is 0. The van der Waals surface area contributed by atoms with Gasteiger partial charge in [-0.15, -0.1) is 0 Å². The van der Waals surface area contributed by atoms with Crippen molar-refractivity contribution in [3.05, 3.63) is 24.3 Å². The minimum Gasteiger partial charge on any atom is -0.326 e. The Balaban J connectivity index is 2.07. The molecule has 1 fully saturated rings. The summed E-state index contributed by atoms with van der Waals surface area (Å²) in [6, 6.07) is 7.06. The number of halogens is 1. The van der Waals surface area contributed by atoms with Crippen LogP contribution in [0, 0.1) is 5.92 Å². The van der Waals surface area contributed by atoms with E-state index in [4.69, 9.17) is 11.6 Å². The van der Waals surface area contributed by atoms with E-state index in [1.54, 1.807) is 24.3 Å². The Hall–Kier alpha value is -1.88. The fourth-order valence-electron chi connectivity index (χ4n) is 2.42. The lowest BCUT2D eigenvalue weighted by molar-refractivity contribution is -0.120. The monoisotopic (exact) mass is 322 g/mol. The van der Waals surface area contributed by atoms with E-state index >= 15 is 0 Å². The number of nitrogens with one attached hydrogen (secondary N) is 1. The second kappa shape index (κ2) is 7.40. The van der Waals surface area contributed by atoms with Gasteiger partial charge >= 0.3 is 0 Å². The zero-order valence-corrected chi connectivity index (χ0v) is 13.2. The van der Waals surface area contributed by atoms with Crippen LogP contribution < -0.4 is 10.2 Å². The van der Waals surface area contributed by atoms with Crippen molar-refractivity contribution >= 4 is 40.0 Å². The lowest BCUT2D eigenvalue weighted by Crippen LogP contribution is -2.25. The van der Waals surface area contributed by atoms with Gasteiger partial charge in [0.2, 0.25) is 17.1 Å². The van der Waals surface area contributed by atoms with E-state index < -0.39 is 11.2 Å². The molecule has 5 nitrogen and oxygen atoms in total. The predicted octanol–water partition coefficient (Wildman–Crippen LogP) is 2.93. The van der Waals surface area contributed by atoms with E-state index in [0.717, 1.165) is 12.8 Å². The molecule has 6 heteroatoms. The topological polar surface area (TPSA) is 66.5 Å². The van der Waals surface area contributed by atoms with Crippen molar-refractivity contribution in [1.82, 2.24) is 0 Å². The minimum absolute atomic E-state index is 0.0411. The number of amides is 2. The number of unbranched alkanes of at least 4 members (excludes halogenated alkanes) is 1. The number of carbonyl (C=O) groups excluding carboxylic acids is 3. The molecule has 0 saturated carbocycles. The highest BCUT2D eigenvalue weighted by molar-refractivity contribution is 6.64. The molecule has 2 amide bonds. The number of hydrogen-bond donors (Lipinski definition) is 1. The molecule has 1 aromatic rings. The number of benzene rings is 1. The first-order chi connectivity index (χ1) is 10.5. The number of nitrogens with zero attached hydrogens (tertiary/aromatic N) is 1. The second-order valence-electron chi connectivity index (χ2n) is 5.41. The van der Waals surface area contributed by atoms with Crippen LogP contribution >= 0.6 is 11.6 Å². The van der Waals surface area contributed by atoms with Crippen molar-refractivity contribution in [3.63, 3.8) is 0 Å². The fraction of sp³-hybridized carbons (Fsp3) is 0.438. The first-order valence-electron chi connectivity index (χ1n) is 7.41. The predicted molar refractivity (Wildman–Crippen MR) is 85.9 cm³/mol. The smallest absolute Gasteiger partial charge is 0.227 e. The van der Waals surface area contributed by atoms with Gasteiger partial charge in [0.1, 0.15) is 0 Å². The molecule has 0 spiro atoms. The second-order valence-corrected chi connectivity index (χ2v) is 5.78. The molecule has 0 bridgehead atoms. The summed E-state index contributed by atoms with van der Waals surface area (Å²) in [5.74, 6) is -0.633. The average Bonchev–Trinajstić information content (AvgIpc) is 2.87. The first-order valence-corrected chi connectivity index (χ1v) is 7.78. The summed E-state index contributed by atoms with van der Waals surface area (Å²) in [6.45, 7) is 2.32. The van der Waals surface area contributed by atoms with Gasteiger partial charge in [-0.3, -0.25) is 14.4 Å². The molecule has 1 saturated heterocycles. The van der Waals surface area contributed by atoms with Gasteiger partial charge in [0, 0.05) is 30.8 Å². The molecule has 0 radical (unpaired) electrons. The SMILES string of the molecule is CCCCC(=O)Nc1cccc(N2C[C@@H](C(=O)Cl)CC2=O)c1. The summed E-state index contributed by atoms with van der Waals surface area (Å²) in [5, 5.41) is 2.33. The zero-order valence-electron chi connectivity index (χ0n) is 12.5. The van der Waals surface area contributed by atoms with E-state index in [1.165, 1.54) is 4.90 Å². The maximum Gasteiger partial charge on any atom is 0.227 e.